The Bertz CT molecular complexity index is 115. The first-order chi connectivity index (χ1) is 7.27. The molecule has 0 aromatic carbocycles. The molecular weight excluding hydrogens is 204 g/mol. The van der Waals surface area contributed by atoms with E-state index < -0.39 is 0 Å². The molecule has 0 saturated carbocycles. The van der Waals surface area contributed by atoms with Gasteiger partial charge in [-0.05, 0) is 19.1 Å². The van der Waals surface area contributed by atoms with Crippen molar-refractivity contribution in [3.63, 3.8) is 0 Å². The van der Waals surface area contributed by atoms with Gasteiger partial charge in [-0.1, -0.05) is 58.3 Å². The van der Waals surface area contributed by atoms with E-state index in [1.807, 2.05) is 6.92 Å². The van der Waals surface area contributed by atoms with Gasteiger partial charge in [-0.3, -0.25) is 0 Å². The monoisotopic (exact) mass is 232 g/mol. The normalized spacial score (nSPS) is 13.0. The maximum absolute atomic E-state index is 9.04. The minimum atomic E-state index is -0.181. The van der Waals surface area contributed by atoms with E-state index in [2.05, 4.69) is 6.92 Å². The van der Waals surface area contributed by atoms with Crippen LogP contribution in [0.15, 0.2) is 0 Å². The Balaban J connectivity index is 2.87. The van der Waals surface area contributed by atoms with Gasteiger partial charge in [-0.15, -0.1) is 11.8 Å². The third kappa shape index (κ3) is 14.3. The second kappa shape index (κ2) is 12.4. The highest BCUT2D eigenvalue weighted by Crippen LogP contribution is 2.13. The summed E-state index contributed by atoms with van der Waals surface area (Å²) in [6.07, 6.45) is 12.4. The van der Waals surface area contributed by atoms with Crippen LogP contribution < -0.4 is 0 Å². The molecule has 0 spiro atoms. The summed E-state index contributed by atoms with van der Waals surface area (Å²) in [6, 6.07) is 0. The summed E-state index contributed by atoms with van der Waals surface area (Å²) in [5, 5.41) is 9.04. The zero-order valence-corrected chi connectivity index (χ0v) is 11.3. The van der Waals surface area contributed by atoms with E-state index in [9.17, 15) is 0 Å². The van der Waals surface area contributed by atoms with Crippen LogP contribution in [0.3, 0.4) is 0 Å². The Labute approximate surface area is 100 Å². The number of thioether (sulfide) groups is 1. The molecule has 0 bridgehead atoms. The van der Waals surface area contributed by atoms with E-state index in [1.54, 1.807) is 11.8 Å². The molecule has 0 rings (SSSR count). The molecular formula is C13H28OS. The van der Waals surface area contributed by atoms with Gasteiger partial charge in [0.2, 0.25) is 0 Å². The molecule has 1 N–H and O–H groups in total. The summed E-state index contributed by atoms with van der Waals surface area (Å²) >= 11 is 1.66. The molecule has 0 aliphatic heterocycles. The number of aliphatic hydroxyl groups is 1. The first-order valence-corrected chi connectivity index (χ1v) is 7.62. The maximum atomic E-state index is 9.04. The van der Waals surface area contributed by atoms with Crippen molar-refractivity contribution >= 4 is 11.8 Å². The molecule has 0 aromatic heterocycles. The van der Waals surface area contributed by atoms with Crippen molar-refractivity contribution in [1.82, 2.24) is 0 Å². The van der Waals surface area contributed by atoms with Crippen LogP contribution >= 0.6 is 11.8 Å². The number of unbranched alkanes of at least 4 members (excludes halogenated alkanes) is 8. The highest BCUT2D eigenvalue weighted by atomic mass is 32.2. The maximum Gasteiger partial charge on any atom is 0.0964 e. The molecule has 0 radical (unpaired) electrons. The van der Waals surface area contributed by atoms with Crippen LogP contribution in [0.25, 0.3) is 0 Å². The standard InChI is InChI=1S/C13H28OS/c1-3-4-5-6-7-8-9-10-11-12-15-13(2)14/h13-14H,3-12H2,1-2H3. The SMILES string of the molecule is CCCCCCCCCCCSC(C)O. The Morgan fingerprint density at radius 1 is 0.867 bits per heavy atom. The van der Waals surface area contributed by atoms with Gasteiger partial charge in [0.25, 0.3) is 0 Å². The average Bonchev–Trinajstić information content (AvgIpc) is 2.20. The average molecular weight is 232 g/mol. The van der Waals surface area contributed by atoms with Crippen molar-refractivity contribution in [2.45, 2.75) is 77.1 Å². The first kappa shape index (κ1) is 15.3. The molecule has 2 heteroatoms. The van der Waals surface area contributed by atoms with Crippen LogP contribution in [0, 0.1) is 0 Å². The quantitative estimate of drug-likeness (QED) is 0.415. The number of hydrogen-bond donors (Lipinski definition) is 1. The van der Waals surface area contributed by atoms with E-state index >= 15 is 0 Å². The predicted octanol–water partition coefficient (Wildman–Crippen LogP) is 4.59. The van der Waals surface area contributed by atoms with Gasteiger partial charge in [0.05, 0.1) is 5.44 Å². The van der Waals surface area contributed by atoms with Crippen LogP contribution in [0.5, 0.6) is 0 Å². The summed E-state index contributed by atoms with van der Waals surface area (Å²) in [5.41, 5.74) is -0.181. The Morgan fingerprint density at radius 3 is 1.80 bits per heavy atom. The topological polar surface area (TPSA) is 20.2 Å². The lowest BCUT2D eigenvalue weighted by atomic mass is 10.1. The first-order valence-electron chi connectivity index (χ1n) is 6.57. The fourth-order valence-electron chi connectivity index (χ4n) is 1.67. The summed E-state index contributed by atoms with van der Waals surface area (Å²) in [5.74, 6) is 1.12. The largest absolute Gasteiger partial charge is 0.383 e. The number of rotatable bonds is 11. The van der Waals surface area contributed by atoms with Crippen molar-refractivity contribution in [2.75, 3.05) is 5.75 Å². The van der Waals surface area contributed by atoms with Crippen molar-refractivity contribution in [2.24, 2.45) is 0 Å². The molecule has 1 nitrogen and oxygen atoms in total. The van der Waals surface area contributed by atoms with Crippen LogP contribution in [0.1, 0.15) is 71.6 Å². The molecule has 92 valence electrons. The molecule has 0 heterocycles. The van der Waals surface area contributed by atoms with Crippen LogP contribution in [-0.2, 0) is 0 Å². The number of hydrogen-bond acceptors (Lipinski definition) is 2. The van der Waals surface area contributed by atoms with Crippen molar-refractivity contribution < 1.29 is 5.11 Å². The zero-order chi connectivity index (χ0) is 11.4. The van der Waals surface area contributed by atoms with E-state index in [0.29, 0.717) is 0 Å². The molecule has 0 aromatic rings. The van der Waals surface area contributed by atoms with Crippen LogP contribution in [0.2, 0.25) is 0 Å². The second-order valence-corrected chi connectivity index (χ2v) is 5.72. The fraction of sp³-hybridized carbons (Fsp3) is 1.00. The molecule has 0 aliphatic carbocycles. The van der Waals surface area contributed by atoms with Crippen molar-refractivity contribution in [1.29, 1.82) is 0 Å². The second-order valence-electron chi connectivity index (χ2n) is 4.30. The van der Waals surface area contributed by atoms with Crippen LogP contribution in [-0.4, -0.2) is 16.3 Å². The van der Waals surface area contributed by atoms with Gasteiger partial charge in [0, 0.05) is 0 Å². The lowest BCUT2D eigenvalue weighted by Crippen LogP contribution is -1.93. The minimum Gasteiger partial charge on any atom is -0.383 e. The molecule has 0 aliphatic rings. The fourth-order valence-corrected chi connectivity index (χ4v) is 2.38. The molecule has 1 atom stereocenters. The van der Waals surface area contributed by atoms with Gasteiger partial charge in [0.1, 0.15) is 0 Å². The van der Waals surface area contributed by atoms with Crippen molar-refractivity contribution in [3.8, 4) is 0 Å². The van der Waals surface area contributed by atoms with Crippen LogP contribution in [0.4, 0.5) is 0 Å². The van der Waals surface area contributed by atoms with Crippen molar-refractivity contribution in [3.05, 3.63) is 0 Å². The summed E-state index contributed by atoms with van der Waals surface area (Å²) in [7, 11) is 0. The Morgan fingerprint density at radius 2 is 1.33 bits per heavy atom. The summed E-state index contributed by atoms with van der Waals surface area (Å²) in [6.45, 7) is 4.11. The Kier molecular flexibility index (Phi) is 12.6. The molecule has 0 fully saturated rings. The van der Waals surface area contributed by atoms with Gasteiger partial charge in [-0.2, -0.15) is 0 Å². The van der Waals surface area contributed by atoms with E-state index in [-0.39, 0.29) is 5.44 Å². The minimum absolute atomic E-state index is 0.181. The zero-order valence-electron chi connectivity index (χ0n) is 10.5. The molecule has 0 saturated heterocycles. The van der Waals surface area contributed by atoms with Gasteiger partial charge in [-0.25, -0.2) is 0 Å². The lowest BCUT2D eigenvalue weighted by Gasteiger charge is -2.04. The van der Waals surface area contributed by atoms with Gasteiger partial charge < -0.3 is 5.11 Å². The molecule has 1 unspecified atom stereocenters. The smallest absolute Gasteiger partial charge is 0.0964 e. The molecule has 0 amide bonds. The van der Waals surface area contributed by atoms with E-state index in [0.717, 1.165) is 5.75 Å². The third-order valence-corrected chi connectivity index (χ3v) is 3.61. The highest BCUT2D eigenvalue weighted by Gasteiger charge is 1.95. The third-order valence-electron chi connectivity index (χ3n) is 2.61. The number of aliphatic hydroxyl groups excluding tert-OH is 1. The van der Waals surface area contributed by atoms with Gasteiger partial charge >= 0.3 is 0 Å². The lowest BCUT2D eigenvalue weighted by molar-refractivity contribution is 0.284. The summed E-state index contributed by atoms with van der Waals surface area (Å²) in [4.78, 5) is 0. The van der Waals surface area contributed by atoms with E-state index in [1.165, 1.54) is 57.8 Å². The van der Waals surface area contributed by atoms with E-state index in [4.69, 9.17) is 5.11 Å². The Hall–Kier alpha value is 0.310. The van der Waals surface area contributed by atoms with Gasteiger partial charge in [0.15, 0.2) is 0 Å². The predicted molar refractivity (Wildman–Crippen MR) is 71.4 cm³/mol. The summed E-state index contributed by atoms with van der Waals surface area (Å²) < 4.78 is 0. The molecule has 15 heavy (non-hydrogen) atoms. The highest BCUT2D eigenvalue weighted by molar-refractivity contribution is 7.99.